The first-order valence-corrected chi connectivity index (χ1v) is 7.44. The van der Waals surface area contributed by atoms with E-state index < -0.39 is 5.54 Å². The Bertz CT molecular complexity index is 667. The summed E-state index contributed by atoms with van der Waals surface area (Å²) in [6, 6.07) is 0. The van der Waals surface area contributed by atoms with Gasteiger partial charge >= 0.3 is 0 Å². The fourth-order valence-corrected chi connectivity index (χ4v) is 2.80. The number of H-pyrrole nitrogens is 1. The number of amides is 2. The van der Waals surface area contributed by atoms with E-state index in [1.54, 1.807) is 25.7 Å². The lowest BCUT2D eigenvalue weighted by molar-refractivity contribution is -0.150. The molecule has 0 radical (unpaired) electrons. The van der Waals surface area contributed by atoms with E-state index in [1.807, 2.05) is 6.92 Å². The molecule has 0 spiro atoms. The molecule has 1 saturated heterocycles. The first-order valence-electron chi connectivity index (χ1n) is 7.44. The highest BCUT2D eigenvalue weighted by Crippen LogP contribution is 2.23. The second-order valence-corrected chi connectivity index (χ2v) is 5.82. The summed E-state index contributed by atoms with van der Waals surface area (Å²) in [4.78, 5) is 45.2. The fourth-order valence-electron chi connectivity index (χ4n) is 2.80. The molecule has 1 aromatic heterocycles. The number of nitrogens with zero attached hydrogens (tertiary/aromatic N) is 2. The van der Waals surface area contributed by atoms with Crippen molar-refractivity contribution in [2.45, 2.75) is 46.1 Å². The number of hydrogen-bond donors (Lipinski definition) is 2. The number of aryl methyl sites for hydroxylation is 2. The van der Waals surface area contributed by atoms with Gasteiger partial charge in [-0.05, 0) is 27.2 Å². The largest absolute Gasteiger partial charge is 0.352 e. The molecule has 120 valence electrons. The van der Waals surface area contributed by atoms with E-state index in [1.165, 1.54) is 0 Å². The molecule has 2 N–H and O–H groups in total. The maximum absolute atomic E-state index is 12.6. The maximum atomic E-state index is 12.6. The summed E-state index contributed by atoms with van der Waals surface area (Å²) in [5.41, 5.74) is -0.249. The van der Waals surface area contributed by atoms with Crippen LogP contribution >= 0.6 is 0 Å². The quantitative estimate of drug-likeness (QED) is 0.825. The zero-order chi connectivity index (χ0) is 16.5. The van der Waals surface area contributed by atoms with Gasteiger partial charge in [0.2, 0.25) is 11.8 Å². The average Bonchev–Trinajstić information content (AvgIpc) is 2.45. The number of nitrogens with one attached hydrogen (secondary N) is 2. The maximum Gasteiger partial charge on any atom is 0.254 e. The molecule has 0 aromatic carbocycles. The van der Waals surface area contributed by atoms with Gasteiger partial charge in [-0.15, -0.1) is 0 Å². The Morgan fingerprint density at radius 2 is 2.05 bits per heavy atom. The molecule has 2 amide bonds. The number of aromatic nitrogens is 2. The molecule has 1 aliphatic heterocycles. The first-order chi connectivity index (χ1) is 10.3. The molecule has 0 aliphatic carbocycles. The minimum atomic E-state index is -0.867. The molecule has 22 heavy (non-hydrogen) atoms. The van der Waals surface area contributed by atoms with Crippen LogP contribution in [-0.2, 0) is 16.0 Å². The zero-order valence-corrected chi connectivity index (χ0v) is 13.4. The lowest BCUT2D eigenvalue weighted by Gasteiger charge is -2.43. The van der Waals surface area contributed by atoms with Crippen LogP contribution in [0.3, 0.4) is 0 Å². The summed E-state index contributed by atoms with van der Waals surface area (Å²) in [5, 5.41) is 2.79. The third kappa shape index (κ3) is 2.75. The van der Waals surface area contributed by atoms with E-state index in [4.69, 9.17) is 0 Å². The van der Waals surface area contributed by atoms with Crippen LogP contribution in [0.5, 0.6) is 0 Å². The van der Waals surface area contributed by atoms with Crippen LogP contribution in [0.4, 0.5) is 0 Å². The van der Waals surface area contributed by atoms with E-state index in [0.29, 0.717) is 36.6 Å². The van der Waals surface area contributed by atoms with Gasteiger partial charge in [0, 0.05) is 24.3 Å². The lowest BCUT2D eigenvalue weighted by atomic mass is 9.92. The smallest absolute Gasteiger partial charge is 0.254 e. The van der Waals surface area contributed by atoms with E-state index >= 15 is 0 Å². The number of hydrogen-bond acceptors (Lipinski definition) is 4. The van der Waals surface area contributed by atoms with Crippen molar-refractivity contribution in [2.75, 3.05) is 13.1 Å². The van der Waals surface area contributed by atoms with Crippen molar-refractivity contribution in [1.82, 2.24) is 20.2 Å². The molecule has 1 atom stereocenters. The Kier molecular flexibility index (Phi) is 4.35. The van der Waals surface area contributed by atoms with Crippen molar-refractivity contribution in [3.63, 3.8) is 0 Å². The Morgan fingerprint density at radius 3 is 2.64 bits per heavy atom. The summed E-state index contributed by atoms with van der Waals surface area (Å²) < 4.78 is 0. The molecular weight excluding hydrogens is 284 g/mol. The minimum Gasteiger partial charge on any atom is -0.352 e. The van der Waals surface area contributed by atoms with Crippen molar-refractivity contribution in [2.24, 2.45) is 0 Å². The van der Waals surface area contributed by atoms with Crippen LogP contribution < -0.4 is 10.9 Å². The molecule has 0 unspecified atom stereocenters. The van der Waals surface area contributed by atoms with Crippen molar-refractivity contribution in [1.29, 1.82) is 0 Å². The van der Waals surface area contributed by atoms with Gasteiger partial charge in [-0.1, -0.05) is 6.92 Å². The van der Waals surface area contributed by atoms with Crippen LogP contribution in [0.15, 0.2) is 4.79 Å². The highest BCUT2D eigenvalue weighted by atomic mass is 16.2. The Morgan fingerprint density at radius 1 is 1.36 bits per heavy atom. The molecule has 1 fully saturated rings. The van der Waals surface area contributed by atoms with Gasteiger partial charge in [0.05, 0.1) is 6.42 Å². The van der Waals surface area contributed by atoms with Gasteiger partial charge in [0.1, 0.15) is 11.4 Å². The van der Waals surface area contributed by atoms with Gasteiger partial charge in [0.25, 0.3) is 5.56 Å². The average molecular weight is 306 g/mol. The van der Waals surface area contributed by atoms with E-state index in [0.717, 1.165) is 0 Å². The fraction of sp³-hybridized carbons (Fsp3) is 0.600. The summed E-state index contributed by atoms with van der Waals surface area (Å²) in [5.74, 6) is 0.148. The topological polar surface area (TPSA) is 95.2 Å². The summed E-state index contributed by atoms with van der Waals surface area (Å²) in [6.07, 6.45) is 0.476. The standard InChI is InChI=1S/C15H22N4O3/c1-5-15(4)14(22)16-6-7-19(15)12(20)8-11-9(2)17-10(3)18-13(11)21/h5-8H2,1-4H3,(H,16,22)(H,17,18,21)/t15-/m1/s1. The van der Waals surface area contributed by atoms with Crippen LogP contribution in [0.2, 0.25) is 0 Å². The van der Waals surface area contributed by atoms with Gasteiger partial charge in [0.15, 0.2) is 0 Å². The summed E-state index contributed by atoms with van der Waals surface area (Å²) in [6.45, 7) is 7.92. The molecule has 1 aliphatic rings. The van der Waals surface area contributed by atoms with E-state index in [9.17, 15) is 14.4 Å². The lowest BCUT2D eigenvalue weighted by Crippen LogP contribution is -2.65. The van der Waals surface area contributed by atoms with Gasteiger partial charge in [-0.25, -0.2) is 4.98 Å². The highest BCUT2D eigenvalue weighted by Gasteiger charge is 2.43. The van der Waals surface area contributed by atoms with Crippen molar-refractivity contribution in [3.05, 3.63) is 27.4 Å². The van der Waals surface area contributed by atoms with Crippen LogP contribution in [0, 0.1) is 13.8 Å². The number of aromatic amines is 1. The molecule has 0 saturated carbocycles. The summed E-state index contributed by atoms with van der Waals surface area (Å²) in [7, 11) is 0. The number of rotatable bonds is 3. The van der Waals surface area contributed by atoms with Crippen molar-refractivity contribution >= 4 is 11.8 Å². The zero-order valence-electron chi connectivity index (χ0n) is 13.4. The van der Waals surface area contributed by atoms with Crippen LogP contribution in [-0.4, -0.2) is 45.3 Å². The monoisotopic (exact) mass is 306 g/mol. The predicted octanol–water partition coefficient (Wildman–Crippen LogP) is 0.0563. The molecule has 2 rings (SSSR count). The van der Waals surface area contributed by atoms with E-state index in [2.05, 4.69) is 15.3 Å². The third-order valence-electron chi connectivity index (χ3n) is 4.36. The molecule has 7 nitrogen and oxygen atoms in total. The number of piperazine rings is 1. The van der Waals surface area contributed by atoms with Gasteiger partial charge in [-0.2, -0.15) is 0 Å². The number of carbonyl (C=O) groups is 2. The molecule has 0 bridgehead atoms. The molecule has 7 heteroatoms. The van der Waals surface area contributed by atoms with Gasteiger partial charge in [-0.3, -0.25) is 14.4 Å². The minimum absolute atomic E-state index is 0.0443. The molecule has 1 aromatic rings. The van der Waals surface area contributed by atoms with Crippen LogP contribution in [0.1, 0.15) is 37.4 Å². The van der Waals surface area contributed by atoms with Crippen molar-refractivity contribution in [3.8, 4) is 0 Å². The van der Waals surface area contributed by atoms with Crippen molar-refractivity contribution < 1.29 is 9.59 Å². The molecular formula is C15H22N4O3. The third-order valence-corrected chi connectivity index (χ3v) is 4.36. The van der Waals surface area contributed by atoms with Crippen LogP contribution in [0.25, 0.3) is 0 Å². The molecule has 2 heterocycles. The van der Waals surface area contributed by atoms with Gasteiger partial charge < -0.3 is 15.2 Å². The Balaban J connectivity index is 2.29. The number of carbonyl (C=O) groups excluding carboxylic acids is 2. The highest BCUT2D eigenvalue weighted by molar-refractivity contribution is 5.92. The Labute approximate surface area is 129 Å². The summed E-state index contributed by atoms with van der Waals surface area (Å²) >= 11 is 0. The SMILES string of the molecule is CC[C@]1(C)C(=O)NCCN1C(=O)Cc1c(C)nc(C)[nH]c1=O. The first kappa shape index (κ1) is 16.2. The Hall–Kier alpha value is -2.18. The predicted molar refractivity (Wildman–Crippen MR) is 81.5 cm³/mol. The van der Waals surface area contributed by atoms with E-state index in [-0.39, 0.29) is 23.8 Å². The normalized spacial score (nSPS) is 21.6. The second-order valence-electron chi connectivity index (χ2n) is 5.82. The second kappa shape index (κ2) is 5.90.